The highest BCUT2D eigenvalue weighted by Crippen LogP contribution is 2.26. The maximum absolute atomic E-state index is 12.2. The second kappa shape index (κ2) is 6.37. The lowest BCUT2D eigenvalue weighted by Crippen LogP contribution is -2.45. The molecule has 1 atom stereocenters. The number of hydrogen-bond donors (Lipinski definition) is 2. The highest BCUT2D eigenvalue weighted by Gasteiger charge is 2.18. The van der Waals surface area contributed by atoms with Crippen LogP contribution in [-0.2, 0) is 0 Å². The fraction of sp³-hybridized carbons (Fsp3) is 0.375. The lowest BCUT2D eigenvalue weighted by Gasteiger charge is -2.23. The third kappa shape index (κ3) is 3.31. The molecule has 21 heavy (non-hydrogen) atoms. The lowest BCUT2D eigenvalue weighted by atomic mass is 10.1. The van der Waals surface area contributed by atoms with Crippen LogP contribution in [0.15, 0.2) is 29.6 Å². The summed E-state index contributed by atoms with van der Waals surface area (Å²) in [4.78, 5) is 16.7. The molecular weight excluding hydrogens is 282 g/mol. The normalized spacial score (nSPS) is 18.4. The van der Waals surface area contributed by atoms with E-state index < -0.39 is 0 Å². The molecule has 1 aromatic carbocycles. The maximum Gasteiger partial charge on any atom is 0.271 e. The molecule has 0 bridgehead atoms. The Morgan fingerprint density at radius 3 is 3.05 bits per heavy atom. The van der Waals surface area contributed by atoms with Crippen LogP contribution in [0, 0.1) is 6.92 Å². The van der Waals surface area contributed by atoms with Gasteiger partial charge in [-0.05, 0) is 31.9 Å². The fourth-order valence-electron chi connectivity index (χ4n) is 2.55. The summed E-state index contributed by atoms with van der Waals surface area (Å²) in [6.07, 6.45) is 2.14. The third-order valence-electron chi connectivity index (χ3n) is 3.74. The van der Waals surface area contributed by atoms with Crippen LogP contribution in [0.25, 0.3) is 10.6 Å². The van der Waals surface area contributed by atoms with Gasteiger partial charge in [-0.2, -0.15) is 0 Å². The van der Waals surface area contributed by atoms with Crippen molar-refractivity contribution in [3.63, 3.8) is 0 Å². The van der Waals surface area contributed by atoms with E-state index >= 15 is 0 Å². The number of carbonyl (C=O) groups excluding carboxylic acids is 1. The van der Waals surface area contributed by atoms with E-state index in [9.17, 15) is 4.79 Å². The zero-order chi connectivity index (χ0) is 14.7. The highest BCUT2D eigenvalue weighted by molar-refractivity contribution is 7.13. The second-order valence-electron chi connectivity index (χ2n) is 5.37. The number of nitrogens with one attached hydrogen (secondary N) is 2. The first kappa shape index (κ1) is 14.2. The Balaban J connectivity index is 1.72. The van der Waals surface area contributed by atoms with Crippen LogP contribution in [0.1, 0.15) is 28.9 Å². The van der Waals surface area contributed by atoms with Crippen LogP contribution < -0.4 is 10.6 Å². The molecule has 1 aliphatic heterocycles. The molecule has 1 unspecified atom stereocenters. The van der Waals surface area contributed by atoms with Crippen molar-refractivity contribution < 1.29 is 4.79 Å². The number of rotatable bonds is 3. The number of aryl methyl sites for hydroxylation is 1. The van der Waals surface area contributed by atoms with Crippen LogP contribution in [0.3, 0.4) is 0 Å². The van der Waals surface area contributed by atoms with Crippen LogP contribution in [0.2, 0.25) is 0 Å². The molecule has 3 rings (SSSR count). The van der Waals surface area contributed by atoms with Gasteiger partial charge in [0.2, 0.25) is 0 Å². The van der Waals surface area contributed by atoms with Gasteiger partial charge in [0.25, 0.3) is 5.91 Å². The summed E-state index contributed by atoms with van der Waals surface area (Å²) in [6.45, 7) is 3.95. The van der Waals surface area contributed by atoms with E-state index in [0.29, 0.717) is 5.69 Å². The van der Waals surface area contributed by atoms with Crippen molar-refractivity contribution in [1.29, 1.82) is 0 Å². The first-order valence-electron chi connectivity index (χ1n) is 7.27. The topological polar surface area (TPSA) is 54.0 Å². The van der Waals surface area contributed by atoms with Gasteiger partial charge in [0.05, 0.1) is 0 Å². The summed E-state index contributed by atoms with van der Waals surface area (Å²) in [7, 11) is 0. The largest absolute Gasteiger partial charge is 0.347 e. The molecule has 1 aromatic heterocycles. The van der Waals surface area contributed by atoms with Gasteiger partial charge >= 0.3 is 0 Å². The summed E-state index contributed by atoms with van der Waals surface area (Å²) >= 11 is 1.52. The Bertz CT molecular complexity index is 632. The summed E-state index contributed by atoms with van der Waals surface area (Å²) in [5.74, 6) is -0.0696. The quantitative estimate of drug-likeness (QED) is 0.916. The summed E-state index contributed by atoms with van der Waals surface area (Å²) in [5.41, 5.74) is 2.79. The monoisotopic (exact) mass is 301 g/mol. The fourth-order valence-corrected chi connectivity index (χ4v) is 3.44. The summed E-state index contributed by atoms with van der Waals surface area (Å²) in [5, 5.41) is 9.10. The molecule has 1 fully saturated rings. The van der Waals surface area contributed by atoms with Gasteiger partial charge in [0.1, 0.15) is 10.7 Å². The maximum atomic E-state index is 12.2. The summed E-state index contributed by atoms with van der Waals surface area (Å²) in [6, 6.07) is 8.33. The van der Waals surface area contributed by atoms with Gasteiger partial charge in [0, 0.05) is 23.5 Å². The molecule has 1 amide bonds. The van der Waals surface area contributed by atoms with Crippen molar-refractivity contribution in [1.82, 2.24) is 15.6 Å². The van der Waals surface area contributed by atoms with Gasteiger partial charge < -0.3 is 10.6 Å². The van der Waals surface area contributed by atoms with Crippen LogP contribution in [0.5, 0.6) is 0 Å². The average molecular weight is 301 g/mol. The average Bonchev–Trinajstić information content (AvgIpc) is 2.98. The van der Waals surface area contributed by atoms with E-state index in [0.717, 1.165) is 36.5 Å². The van der Waals surface area contributed by atoms with Crippen molar-refractivity contribution >= 4 is 17.2 Å². The molecule has 5 heteroatoms. The Hall–Kier alpha value is -1.72. The zero-order valence-corrected chi connectivity index (χ0v) is 12.9. The molecule has 2 heterocycles. The number of piperidine rings is 1. The highest BCUT2D eigenvalue weighted by atomic mass is 32.1. The molecule has 0 radical (unpaired) electrons. The number of aromatic nitrogens is 1. The van der Waals surface area contributed by atoms with Gasteiger partial charge in [-0.1, -0.05) is 24.3 Å². The van der Waals surface area contributed by atoms with E-state index in [2.05, 4.69) is 28.6 Å². The van der Waals surface area contributed by atoms with E-state index in [4.69, 9.17) is 0 Å². The SMILES string of the molecule is Cc1ccccc1-c1nc(C(=O)NC2CCCNC2)cs1. The second-order valence-corrected chi connectivity index (χ2v) is 6.23. The minimum atomic E-state index is -0.0696. The van der Waals surface area contributed by atoms with Crippen LogP contribution >= 0.6 is 11.3 Å². The standard InChI is InChI=1S/C16H19N3OS/c1-11-5-2-3-7-13(11)16-19-14(10-21-16)15(20)18-12-6-4-8-17-9-12/h2-3,5,7,10,12,17H,4,6,8-9H2,1H3,(H,18,20). The Kier molecular flexibility index (Phi) is 4.31. The number of thiazole rings is 1. The molecule has 1 saturated heterocycles. The first-order valence-corrected chi connectivity index (χ1v) is 8.15. The third-order valence-corrected chi connectivity index (χ3v) is 4.62. The lowest BCUT2D eigenvalue weighted by molar-refractivity contribution is 0.0926. The Morgan fingerprint density at radius 1 is 1.43 bits per heavy atom. The molecule has 0 saturated carbocycles. The van der Waals surface area contributed by atoms with Crippen molar-refractivity contribution in [2.45, 2.75) is 25.8 Å². The van der Waals surface area contributed by atoms with E-state index in [1.54, 1.807) is 0 Å². The first-order chi connectivity index (χ1) is 10.2. The molecular formula is C16H19N3OS. The van der Waals surface area contributed by atoms with Crippen molar-refractivity contribution in [2.24, 2.45) is 0 Å². The molecule has 2 aromatic rings. The minimum Gasteiger partial charge on any atom is -0.347 e. The number of hydrogen-bond acceptors (Lipinski definition) is 4. The summed E-state index contributed by atoms with van der Waals surface area (Å²) < 4.78 is 0. The van der Waals surface area contributed by atoms with Crippen LogP contribution in [-0.4, -0.2) is 30.0 Å². The van der Waals surface area contributed by atoms with E-state index in [1.165, 1.54) is 16.9 Å². The zero-order valence-electron chi connectivity index (χ0n) is 12.1. The molecule has 0 aliphatic carbocycles. The predicted octanol–water partition coefficient (Wildman–Crippen LogP) is 2.60. The minimum absolute atomic E-state index is 0.0696. The molecule has 1 aliphatic rings. The van der Waals surface area contributed by atoms with Crippen molar-refractivity contribution in [3.05, 3.63) is 40.9 Å². The Morgan fingerprint density at radius 2 is 2.29 bits per heavy atom. The number of benzene rings is 1. The van der Waals surface area contributed by atoms with Gasteiger partial charge in [-0.15, -0.1) is 11.3 Å². The van der Waals surface area contributed by atoms with Gasteiger partial charge in [-0.3, -0.25) is 4.79 Å². The molecule has 4 nitrogen and oxygen atoms in total. The number of amides is 1. The van der Waals surface area contributed by atoms with Crippen molar-refractivity contribution in [3.8, 4) is 10.6 Å². The van der Waals surface area contributed by atoms with Crippen LogP contribution in [0.4, 0.5) is 0 Å². The Labute approximate surface area is 128 Å². The van der Waals surface area contributed by atoms with E-state index in [1.807, 2.05) is 23.6 Å². The smallest absolute Gasteiger partial charge is 0.271 e. The van der Waals surface area contributed by atoms with Gasteiger partial charge in [-0.25, -0.2) is 4.98 Å². The van der Waals surface area contributed by atoms with Gasteiger partial charge in [0.15, 0.2) is 0 Å². The molecule has 0 spiro atoms. The number of carbonyl (C=O) groups is 1. The molecule has 2 N–H and O–H groups in total. The van der Waals surface area contributed by atoms with Crippen molar-refractivity contribution in [2.75, 3.05) is 13.1 Å². The van der Waals surface area contributed by atoms with E-state index in [-0.39, 0.29) is 11.9 Å². The predicted molar refractivity (Wildman–Crippen MR) is 85.6 cm³/mol. The molecule has 110 valence electrons. The number of nitrogens with zero attached hydrogens (tertiary/aromatic N) is 1.